The summed E-state index contributed by atoms with van der Waals surface area (Å²) in [6.07, 6.45) is 6.37. The van der Waals surface area contributed by atoms with Crippen LogP contribution in [0.2, 0.25) is 0 Å². The molecular weight excluding hydrogens is 380 g/mol. The van der Waals surface area contributed by atoms with Crippen LogP contribution in [0.3, 0.4) is 0 Å². The number of amides is 2. The minimum absolute atomic E-state index is 0.180. The first kappa shape index (κ1) is 20.4. The van der Waals surface area contributed by atoms with Crippen LogP contribution in [0.4, 0.5) is 10.5 Å². The molecule has 0 aliphatic heterocycles. The Kier molecular flexibility index (Phi) is 5.30. The normalized spacial score (nSPS) is 20.5. The molecule has 0 saturated heterocycles. The van der Waals surface area contributed by atoms with E-state index >= 15 is 0 Å². The number of anilines is 1. The molecular formula is C23H30N4O3. The molecule has 4 rings (SSSR count). The van der Waals surface area contributed by atoms with E-state index in [1.54, 1.807) is 24.1 Å². The Bertz CT molecular complexity index is 925. The lowest BCUT2D eigenvalue weighted by Gasteiger charge is -2.28. The van der Waals surface area contributed by atoms with Crippen molar-refractivity contribution in [3.63, 3.8) is 0 Å². The topological polar surface area (TPSA) is 76.5 Å². The predicted octanol–water partition coefficient (Wildman–Crippen LogP) is 4.18. The summed E-state index contributed by atoms with van der Waals surface area (Å²) in [6, 6.07) is 8.09. The van der Waals surface area contributed by atoms with Gasteiger partial charge < -0.3 is 15.0 Å². The van der Waals surface area contributed by atoms with Crippen LogP contribution >= 0.6 is 0 Å². The molecule has 1 aromatic carbocycles. The molecule has 0 spiro atoms. The minimum Gasteiger partial charge on any atom is -0.444 e. The number of hydrogen-bond acceptors (Lipinski definition) is 4. The second kappa shape index (κ2) is 7.78. The van der Waals surface area contributed by atoms with Crippen LogP contribution in [0.15, 0.2) is 36.7 Å². The summed E-state index contributed by atoms with van der Waals surface area (Å²) in [6.45, 7) is 6.50. The van der Waals surface area contributed by atoms with Crippen LogP contribution in [0.1, 0.15) is 61.9 Å². The van der Waals surface area contributed by atoms with Gasteiger partial charge in [0, 0.05) is 37.4 Å². The van der Waals surface area contributed by atoms with Gasteiger partial charge in [0.2, 0.25) is 0 Å². The molecule has 1 N–H and O–H groups in total. The van der Waals surface area contributed by atoms with E-state index in [1.807, 2.05) is 49.9 Å². The van der Waals surface area contributed by atoms with Crippen LogP contribution in [-0.2, 0) is 11.8 Å². The molecule has 2 aliphatic carbocycles. The summed E-state index contributed by atoms with van der Waals surface area (Å²) in [5.74, 6) is 0.754. The van der Waals surface area contributed by atoms with Gasteiger partial charge >= 0.3 is 6.09 Å². The second-order valence-corrected chi connectivity index (χ2v) is 9.46. The van der Waals surface area contributed by atoms with Crippen molar-refractivity contribution < 1.29 is 14.3 Å². The van der Waals surface area contributed by atoms with E-state index in [0.29, 0.717) is 17.4 Å². The lowest BCUT2D eigenvalue weighted by atomic mass is 10.1. The number of aryl methyl sites for hydroxylation is 1. The van der Waals surface area contributed by atoms with Gasteiger partial charge in [-0.15, -0.1) is 0 Å². The van der Waals surface area contributed by atoms with E-state index in [1.165, 1.54) is 18.4 Å². The smallest absolute Gasteiger partial charge is 0.410 e. The third-order valence-corrected chi connectivity index (χ3v) is 5.50. The molecule has 2 fully saturated rings. The van der Waals surface area contributed by atoms with E-state index in [4.69, 9.17) is 4.74 Å². The molecule has 0 radical (unpaired) electrons. The van der Waals surface area contributed by atoms with Crippen LogP contribution in [-0.4, -0.2) is 44.9 Å². The number of carbonyl (C=O) groups excluding carboxylic acids is 2. The first-order valence-corrected chi connectivity index (χ1v) is 10.6. The highest BCUT2D eigenvalue weighted by molar-refractivity contribution is 6.03. The Hall–Kier alpha value is -2.83. The molecule has 160 valence electrons. The number of hydrogen-bond donors (Lipinski definition) is 1. The molecule has 7 heteroatoms. The maximum absolute atomic E-state index is 12.7. The Morgan fingerprint density at radius 2 is 1.93 bits per heavy atom. The van der Waals surface area contributed by atoms with E-state index < -0.39 is 5.60 Å². The summed E-state index contributed by atoms with van der Waals surface area (Å²) in [5, 5.41) is 6.92. The number of ether oxygens (including phenoxy) is 1. The second-order valence-electron chi connectivity index (χ2n) is 9.46. The summed E-state index contributed by atoms with van der Waals surface area (Å²) in [5.41, 5.74) is 1.96. The molecule has 2 aliphatic rings. The van der Waals surface area contributed by atoms with Gasteiger partial charge in [-0.1, -0.05) is 12.1 Å². The Balaban J connectivity index is 1.38. The van der Waals surface area contributed by atoms with Crippen molar-refractivity contribution in [1.29, 1.82) is 0 Å². The van der Waals surface area contributed by atoms with Gasteiger partial charge in [-0.25, -0.2) is 4.79 Å². The van der Waals surface area contributed by atoms with E-state index in [0.717, 1.165) is 18.7 Å². The highest BCUT2D eigenvalue weighted by Crippen LogP contribution is 2.46. The molecule has 2 atom stereocenters. The Morgan fingerprint density at radius 1 is 1.23 bits per heavy atom. The van der Waals surface area contributed by atoms with Gasteiger partial charge in [0.1, 0.15) is 5.60 Å². The van der Waals surface area contributed by atoms with Gasteiger partial charge in [-0.2, -0.15) is 5.10 Å². The Labute approximate surface area is 177 Å². The standard InChI is InChI=1S/C23H30N4O3/c1-23(2,3)30-22(29)27(13-15-5-6-15)20-11-19(20)16-7-9-18(10-8-16)25-21(28)17-12-24-26(4)14-17/h7-10,12,14-15,19-20H,5-6,11,13H2,1-4H3,(H,25,28)/t19-,20+/m0/s1. The maximum atomic E-state index is 12.7. The number of aromatic nitrogens is 2. The fourth-order valence-corrected chi connectivity index (χ4v) is 3.68. The quantitative estimate of drug-likeness (QED) is 0.775. The molecule has 2 saturated carbocycles. The average Bonchev–Trinajstić information content (AvgIpc) is 3.58. The summed E-state index contributed by atoms with van der Waals surface area (Å²) in [7, 11) is 1.78. The van der Waals surface area contributed by atoms with Crippen molar-refractivity contribution in [3.8, 4) is 0 Å². The van der Waals surface area contributed by atoms with Crippen molar-refractivity contribution in [2.75, 3.05) is 11.9 Å². The SMILES string of the molecule is Cn1cc(C(=O)Nc2ccc([C@@H]3C[C@H]3N(CC3CC3)C(=O)OC(C)(C)C)cc2)cn1. The molecule has 0 bridgehead atoms. The molecule has 2 amide bonds. The van der Waals surface area contributed by atoms with E-state index in [-0.39, 0.29) is 18.0 Å². The van der Waals surface area contributed by atoms with Crippen molar-refractivity contribution >= 4 is 17.7 Å². The summed E-state index contributed by atoms with van der Waals surface area (Å²) in [4.78, 5) is 27.0. The van der Waals surface area contributed by atoms with Crippen molar-refractivity contribution in [2.45, 2.75) is 57.6 Å². The molecule has 0 unspecified atom stereocenters. The third-order valence-electron chi connectivity index (χ3n) is 5.50. The van der Waals surface area contributed by atoms with Gasteiger partial charge in [0.25, 0.3) is 5.91 Å². The van der Waals surface area contributed by atoms with E-state index in [2.05, 4.69) is 10.4 Å². The zero-order chi connectivity index (χ0) is 21.5. The fraction of sp³-hybridized carbons (Fsp3) is 0.522. The molecule has 2 aromatic rings. The first-order chi connectivity index (χ1) is 14.2. The average molecular weight is 411 g/mol. The molecule has 1 heterocycles. The fourth-order valence-electron chi connectivity index (χ4n) is 3.68. The zero-order valence-corrected chi connectivity index (χ0v) is 18.1. The third kappa shape index (κ3) is 5.01. The van der Waals surface area contributed by atoms with Gasteiger partial charge in [0.15, 0.2) is 0 Å². The van der Waals surface area contributed by atoms with Crippen molar-refractivity contribution in [2.24, 2.45) is 13.0 Å². The van der Waals surface area contributed by atoms with Crippen LogP contribution in [0, 0.1) is 5.92 Å². The number of benzene rings is 1. The Morgan fingerprint density at radius 3 is 2.50 bits per heavy atom. The first-order valence-electron chi connectivity index (χ1n) is 10.6. The van der Waals surface area contributed by atoms with Gasteiger partial charge in [0.05, 0.1) is 11.8 Å². The number of carbonyl (C=O) groups is 2. The largest absolute Gasteiger partial charge is 0.444 e. The van der Waals surface area contributed by atoms with Crippen LogP contribution < -0.4 is 5.32 Å². The predicted molar refractivity (Wildman–Crippen MR) is 114 cm³/mol. The van der Waals surface area contributed by atoms with Crippen molar-refractivity contribution in [1.82, 2.24) is 14.7 Å². The minimum atomic E-state index is -0.489. The van der Waals surface area contributed by atoms with Crippen LogP contribution in [0.25, 0.3) is 0 Å². The van der Waals surface area contributed by atoms with Gasteiger partial charge in [-0.05, 0) is 63.6 Å². The monoisotopic (exact) mass is 410 g/mol. The van der Waals surface area contributed by atoms with Crippen molar-refractivity contribution in [3.05, 3.63) is 47.8 Å². The maximum Gasteiger partial charge on any atom is 0.410 e. The van der Waals surface area contributed by atoms with E-state index in [9.17, 15) is 9.59 Å². The van der Waals surface area contributed by atoms with Crippen LogP contribution in [0.5, 0.6) is 0 Å². The molecule has 1 aromatic heterocycles. The lowest BCUT2D eigenvalue weighted by molar-refractivity contribution is 0.0220. The molecule has 30 heavy (non-hydrogen) atoms. The number of nitrogens with one attached hydrogen (secondary N) is 1. The number of nitrogens with zero attached hydrogens (tertiary/aromatic N) is 3. The summed E-state index contributed by atoms with van der Waals surface area (Å²) >= 11 is 0. The summed E-state index contributed by atoms with van der Waals surface area (Å²) < 4.78 is 7.25. The lowest BCUT2D eigenvalue weighted by Crippen LogP contribution is -2.40. The van der Waals surface area contributed by atoms with Gasteiger partial charge in [-0.3, -0.25) is 9.48 Å². The zero-order valence-electron chi connectivity index (χ0n) is 18.1. The molecule has 7 nitrogen and oxygen atoms in total. The highest BCUT2D eigenvalue weighted by atomic mass is 16.6. The number of rotatable bonds is 6. The highest BCUT2D eigenvalue weighted by Gasteiger charge is 2.47.